The molecule has 3 heterocycles. The van der Waals surface area contributed by atoms with E-state index in [9.17, 15) is 9.90 Å². The van der Waals surface area contributed by atoms with Crippen LogP contribution >= 0.6 is 22.9 Å². The van der Waals surface area contributed by atoms with Gasteiger partial charge in [-0.05, 0) is 23.8 Å². The molecule has 0 unspecified atom stereocenters. The molecule has 8 heteroatoms. The number of aromatic nitrogens is 3. The second-order valence-electron chi connectivity index (χ2n) is 5.81. The summed E-state index contributed by atoms with van der Waals surface area (Å²) >= 11 is 7.22. The molecule has 0 saturated carbocycles. The van der Waals surface area contributed by atoms with Crippen LogP contribution in [-0.4, -0.2) is 16.5 Å². The molecule has 0 aliphatic heterocycles. The molecule has 0 amide bonds. The number of thiazole rings is 1. The first-order valence-corrected chi connectivity index (χ1v) is 9.27. The van der Waals surface area contributed by atoms with E-state index in [4.69, 9.17) is 16.3 Å². The number of nitrogens with zero attached hydrogens (tertiary/aromatic N) is 3. The van der Waals surface area contributed by atoms with Gasteiger partial charge in [0.15, 0.2) is 4.47 Å². The minimum atomic E-state index is -0.373. The third kappa shape index (κ3) is 3.15. The van der Waals surface area contributed by atoms with E-state index < -0.39 is 0 Å². The van der Waals surface area contributed by atoms with Crippen LogP contribution in [-0.2, 0) is 6.54 Å². The zero-order valence-electron chi connectivity index (χ0n) is 14.3. The van der Waals surface area contributed by atoms with Gasteiger partial charge < -0.3 is 9.84 Å². The summed E-state index contributed by atoms with van der Waals surface area (Å²) in [5.41, 5.74) is 0.734. The molecule has 0 N–H and O–H groups in total. The number of halogens is 1. The Morgan fingerprint density at radius 3 is 2.89 bits per heavy atom. The molecule has 6 nitrogen and oxygen atoms in total. The molecule has 0 aliphatic rings. The van der Waals surface area contributed by atoms with Crippen molar-refractivity contribution in [3.05, 3.63) is 74.6 Å². The molecule has 3 aromatic heterocycles. The lowest BCUT2D eigenvalue weighted by Gasteiger charge is -2.16. The summed E-state index contributed by atoms with van der Waals surface area (Å²) in [6.07, 6.45) is 3.28. The molecule has 0 fully saturated rings. The van der Waals surface area contributed by atoms with E-state index in [1.165, 1.54) is 22.8 Å². The van der Waals surface area contributed by atoms with Crippen LogP contribution < -0.4 is 20.0 Å². The van der Waals surface area contributed by atoms with Crippen molar-refractivity contribution in [3.63, 3.8) is 0 Å². The first-order valence-electron chi connectivity index (χ1n) is 8.07. The number of benzene rings is 1. The molecule has 0 radical (unpaired) electrons. The van der Waals surface area contributed by atoms with Gasteiger partial charge in [-0.25, -0.2) is 14.3 Å². The Morgan fingerprint density at radius 1 is 1.30 bits per heavy atom. The van der Waals surface area contributed by atoms with Gasteiger partial charge in [0.05, 0.1) is 24.1 Å². The molecule has 4 rings (SSSR count). The third-order valence-electron chi connectivity index (χ3n) is 4.20. The first kappa shape index (κ1) is 17.5. The van der Waals surface area contributed by atoms with Crippen LogP contribution in [0.15, 0.2) is 59.7 Å². The first-order chi connectivity index (χ1) is 13.1. The van der Waals surface area contributed by atoms with Crippen LogP contribution in [0.1, 0.15) is 4.88 Å². The van der Waals surface area contributed by atoms with Gasteiger partial charge in [0.2, 0.25) is 0 Å². The SMILES string of the molecule is COc1cccc(-c2c([O-])[n+](Cc3cnc(Cl)s3)c3ccccn3c2=O)c1. The number of hydrogen-bond acceptors (Lipinski definition) is 5. The highest BCUT2D eigenvalue weighted by atomic mass is 35.5. The maximum atomic E-state index is 13.3. The number of ether oxygens (including phenoxy) is 1. The van der Waals surface area contributed by atoms with E-state index in [-0.39, 0.29) is 23.5 Å². The number of pyridine rings is 1. The Balaban J connectivity index is 2.00. The van der Waals surface area contributed by atoms with Crippen LogP contribution in [0.2, 0.25) is 4.47 Å². The van der Waals surface area contributed by atoms with E-state index in [1.807, 2.05) is 0 Å². The van der Waals surface area contributed by atoms with Crippen LogP contribution in [0.5, 0.6) is 11.6 Å². The van der Waals surface area contributed by atoms with E-state index in [1.54, 1.807) is 59.4 Å². The summed E-state index contributed by atoms with van der Waals surface area (Å²) in [6.45, 7) is 0.272. The normalized spacial score (nSPS) is 11.0. The van der Waals surface area contributed by atoms with Crippen LogP contribution in [0.3, 0.4) is 0 Å². The number of rotatable bonds is 4. The van der Waals surface area contributed by atoms with Crippen molar-refractivity contribution in [2.75, 3.05) is 7.11 Å². The second kappa shape index (κ2) is 7.02. The molecule has 0 bridgehead atoms. The van der Waals surface area contributed by atoms with Crippen molar-refractivity contribution in [2.24, 2.45) is 0 Å². The average Bonchev–Trinajstić information content (AvgIpc) is 3.10. The molecule has 27 heavy (non-hydrogen) atoms. The van der Waals surface area contributed by atoms with E-state index >= 15 is 0 Å². The average molecular weight is 400 g/mol. The molecule has 0 spiro atoms. The maximum Gasteiger partial charge on any atom is 0.349 e. The summed E-state index contributed by atoms with van der Waals surface area (Å²) in [5, 5.41) is 13.3. The summed E-state index contributed by atoms with van der Waals surface area (Å²) in [5.74, 6) is 0.203. The minimum Gasteiger partial charge on any atom is -0.842 e. The van der Waals surface area contributed by atoms with Crippen molar-refractivity contribution in [2.45, 2.75) is 6.54 Å². The zero-order chi connectivity index (χ0) is 19.0. The second-order valence-corrected chi connectivity index (χ2v) is 7.51. The van der Waals surface area contributed by atoms with Crippen LogP contribution in [0.25, 0.3) is 16.8 Å². The smallest absolute Gasteiger partial charge is 0.349 e. The maximum absolute atomic E-state index is 13.3. The quantitative estimate of drug-likeness (QED) is 0.494. The summed E-state index contributed by atoms with van der Waals surface area (Å²) < 4.78 is 8.67. The fourth-order valence-corrected chi connectivity index (χ4v) is 3.93. The Bertz CT molecular complexity index is 1200. The fraction of sp³-hybridized carbons (Fsp3) is 0.105. The van der Waals surface area contributed by atoms with Crippen molar-refractivity contribution < 1.29 is 14.4 Å². The molecule has 1 aromatic carbocycles. The lowest BCUT2D eigenvalue weighted by molar-refractivity contribution is -0.707. The topological polar surface area (TPSA) is 70.5 Å². The highest BCUT2D eigenvalue weighted by Crippen LogP contribution is 2.26. The lowest BCUT2D eigenvalue weighted by Crippen LogP contribution is -2.44. The molecule has 4 aromatic rings. The molecule has 0 saturated heterocycles. The van der Waals surface area contributed by atoms with Gasteiger partial charge in [-0.2, -0.15) is 4.40 Å². The summed E-state index contributed by atoms with van der Waals surface area (Å²) in [6, 6.07) is 12.2. The van der Waals surface area contributed by atoms with Crippen molar-refractivity contribution in [3.8, 4) is 22.8 Å². The highest BCUT2D eigenvalue weighted by molar-refractivity contribution is 7.15. The van der Waals surface area contributed by atoms with Gasteiger partial charge >= 0.3 is 5.56 Å². The Morgan fingerprint density at radius 2 is 2.15 bits per heavy atom. The lowest BCUT2D eigenvalue weighted by atomic mass is 10.1. The van der Waals surface area contributed by atoms with Gasteiger partial charge in [0, 0.05) is 12.3 Å². The highest BCUT2D eigenvalue weighted by Gasteiger charge is 2.21. The molecule has 0 atom stereocenters. The number of methoxy groups -OCH3 is 1. The van der Waals surface area contributed by atoms with Crippen molar-refractivity contribution in [1.82, 2.24) is 9.38 Å². The monoisotopic (exact) mass is 399 g/mol. The number of hydrogen-bond donors (Lipinski definition) is 0. The van der Waals surface area contributed by atoms with Gasteiger partial charge in [0.1, 0.15) is 17.9 Å². The van der Waals surface area contributed by atoms with Crippen molar-refractivity contribution in [1.29, 1.82) is 0 Å². The standard InChI is InChI=1S/C19H14ClN3O3S/c1-26-13-6-4-5-12(9-13)16-17(24)22-8-3-2-7-15(22)23(18(16)25)11-14-10-21-19(20)27-14/h2-10H,11H2,1H3. The summed E-state index contributed by atoms with van der Waals surface area (Å²) in [7, 11) is 1.54. The predicted octanol–water partition coefficient (Wildman–Crippen LogP) is 2.49. The van der Waals surface area contributed by atoms with Crippen molar-refractivity contribution >= 4 is 28.6 Å². The van der Waals surface area contributed by atoms with Gasteiger partial charge in [0.25, 0.3) is 5.65 Å². The molecular formula is C19H14ClN3O3S. The van der Waals surface area contributed by atoms with Gasteiger partial charge in [-0.1, -0.05) is 29.8 Å². The van der Waals surface area contributed by atoms with E-state index in [0.29, 0.717) is 21.4 Å². The molecule has 0 aliphatic carbocycles. The molecule has 136 valence electrons. The molecular weight excluding hydrogens is 386 g/mol. The zero-order valence-corrected chi connectivity index (χ0v) is 15.8. The fourth-order valence-electron chi connectivity index (χ4n) is 2.97. The van der Waals surface area contributed by atoms with Crippen LogP contribution in [0, 0.1) is 0 Å². The Labute approximate surface area is 163 Å². The predicted molar refractivity (Wildman–Crippen MR) is 102 cm³/mol. The summed E-state index contributed by atoms with van der Waals surface area (Å²) in [4.78, 5) is 17.9. The van der Waals surface area contributed by atoms with Gasteiger partial charge in [-0.3, -0.25) is 0 Å². The van der Waals surface area contributed by atoms with Gasteiger partial charge in [-0.15, -0.1) is 11.3 Å². The Kier molecular flexibility index (Phi) is 4.55. The van der Waals surface area contributed by atoms with E-state index in [0.717, 1.165) is 4.88 Å². The van der Waals surface area contributed by atoms with E-state index in [2.05, 4.69) is 4.98 Å². The largest absolute Gasteiger partial charge is 0.842 e. The number of fused-ring (bicyclic) bond motifs is 1. The Hall–Kier alpha value is -2.90. The minimum absolute atomic E-state index is 0.0909. The third-order valence-corrected chi connectivity index (χ3v) is 5.30. The van der Waals surface area contributed by atoms with Crippen LogP contribution in [0.4, 0.5) is 0 Å².